The zero-order valence-electron chi connectivity index (χ0n) is 16.0. The Bertz CT molecular complexity index is 986. The lowest BCUT2D eigenvalue weighted by atomic mass is 10.2. The molecule has 0 N–H and O–H groups in total. The number of fused-ring (bicyclic) bond motifs is 1. The molecule has 1 fully saturated rings. The van der Waals surface area contributed by atoms with E-state index in [4.69, 9.17) is 0 Å². The number of nitrogens with zero attached hydrogens (tertiary/aromatic N) is 3. The largest absolute Gasteiger partial charge is 0.366 e. The third-order valence-corrected chi connectivity index (χ3v) is 6.12. The van der Waals surface area contributed by atoms with E-state index in [0.29, 0.717) is 0 Å². The van der Waals surface area contributed by atoms with Gasteiger partial charge in [0.2, 0.25) is 0 Å². The van der Waals surface area contributed by atoms with Crippen LogP contribution in [0.5, 0.6) is 0 Å². The summed E-state index contributed by atoms with van der Waals surface area (Å²) in [4.78, 5) is 2.44. The second-order valence-corrected chi connectivity index (χ2v) is 7.67. The first kappa shape index (κ1) is 17.9. The Kier molecular flexibility index (Phi) is 5.35. The van der Waals surface area contributed by atoms with Gasteiger partial charge < -0.3 is 4.90 Å². The van der Waals surface area contributed by atoms with Crippen molar-refractivity contribution < 1.29 is 4.57 Å². The van der Waals surface area contributed by atoms with Crippen LogP contribution in [0.4, 0.5) is 0 Å². The van der Waals surface area contributed by atoms with Gasteiger partial charge in [0.15, 0.2) is 11.0 Å². The monoisotopic (exact) mass is 376 g/mol. The minimum atomic E-state index is 0.937. The topological polar surface area (TPSA) is 12.1 Å². The molecule has 1 saturated heterocycles. The minimum absolute atomic E-state index is 0.937. The predicted molar refractivity (Wildman–Crippen MR) is 116 cm³/mol. The van der Waals surface area contributed by atoms with Gasteiger partial charge >= 0.3 is 0 Å². The molecule has 2 heterocycles. The number of imidazole rings is 1. The molecule has 0 saturated carbocycles. The van der Waals surface area contributed by atoms with E-state index in [9.17, 15) is 0 Å². The highest BCUT2D eigenvalue weighted by atomic mass is 32.2. The Hall–Kier alpha value is -2.46. The number of benzene rings is 2. The lowest BCUT2D eigenvalue weighted by molar-refractivity contribution is -0.670. The average molecular weight is 377 g/mol. The lowest BCUT2D eigenvalue weighted by Gasteiger charge is -2.14. The zero-order valence-corrected chi connectivity index (χ0v) is 16.8. The number of aryl methyl sites for hydroxylation is 1. The highest BCUT2D eigenvalue weighted by Gasteiger charge is 2.23. The molecule has 0 unspecified atom stereocenters. The molecule has 0 aliphatic carbocycles. The molecule has 0 bridgehead atoms. The van der Waals surface area contributed by atoms with E-state index in [1.54, 1.807) is 0 Å². The van der Waals surface area contributed by atoms with Crippen molar-refractivity contribution in [1.82, 2.24) is 9.47 Å². The first-order valence-electron chi connectivity index (χ1n) is 9.68. The van der Waals surface area contributed by atoms with Crippen LogP contribution < -0.4 is 4.57 Å². The zero-order chi connectivity index (χ0) is 18.6. The number of hydrogen-bond donors (Lipinski definition) is 0. The van der Waals surface area contributed by atoms with Crippen molar-refractivity contribution in [2.75, 3.05) is 18.8 Å². The summed E-state index contributed by atoms with van der Waals surface area (Å²) in [6.45, 7) is 7.60. The van der Waals surface area contributed by atoms with Gasteiger partial charge in [-0.05, 0) is 44.2 Å². The van der Waals surface area contributed by atoms with Crippen LogP contribution in [0.2, 0.25) is 0 Å². The molecular weight excluding hydrogens is 350 g/mol. The lowest BCUT2D eigenvalue weighted by Crippen LogP contribution is -2.35. The third kappa shape index (κ3) is 3.42. The van der Waals surface area contributed by atoms with Gasteiger partial charge in [-0.3, -0.25) is 0 Å². The van der Waals surface area contributed by atoms with Gasteiger partial charge in [0.1, 0.15) is 5.69 Å². The van der Waals surface area contributed by atoms with Crippen molar-refractivity contribution in [2.45, 2.75) is 20.4 Å². The van der Waals surface area contributed by atoms with Gasteiger partial charge in [0, 0.05) is 24.9 Å². The van der Waals surface area contributed by atoms with Gasteiger partial charge in [0.05, 0.1) is 11.6 Å². The summed E-state index contributed by atoms with van der Waals surface area (Å²) >= 11 is 1.95. The SMILES string of the molecule is CCN1CCSC1=CC=Cc1n(-c2ccccc2)c2ccccc2[n+]1CC. The van der Waals surface area contributed by atoms with Gasteiger partial charge in [-0.2, -0.15) is 4.57 Å². The molecule has 27 heavy (non-hydrogen) atoms. The number of allylic oxidation sites excluding steroid dienone is 2. The Labute approximate surface area is 165 Å². The van der Waals surface area contributed by atoms with E-state index >= 15 is 0 Å². The Morgan fingerprint density at radius 3 is 2.59 bits per heavy atom. The maximum Gasteiger partial charge on any atom is 0.287 e. The Balaban J connectivity index is 1.84. The quantitative estimate of drug-likeness (QED) is 0.589. The molecule has 3 nitrogen and oxygen atoms in total. The van der Waals surface area contributed by atoms with E-state index in [-0.39, 0.29) is 0 Å². The van der Waals surface area contributed by atoms with Crippen LogP contribution in [0.25, 0.3) is 22.8 Å². The standard InChI is InChI=1S/C23H26N3S/c1-3-24-17-18-27-23(24)16-10-15-22-25(4-2)20-13-8-9-14-21(20)26(22)19-11-6-5-7-12-19/h5-16H,3-4,17-18H2,1-2H3/q+1. The number of aromatic nitrogens is 2. The fourth-order valence-electron chi connectivity index (χ4n) is 3.74. The van der Waals surface area contributed by atoms with E-state index in [1.165, 1.54) is 33.3 Å². The summed E-state index contributed by atoms with van der Waals surface area (Å²) in [6, 6.07) is 19.3. The summed E-state index contributed by atoms with van der Waals surface area (Å²) in [5.41, 5.74) is 3.70. The van der Waals surface area contributed by atoms with Crippen molar-refractivity contribution in [1.29, 1.82) is 0 Å². The number of rotatable bonds is 5. The molecule has 1 aromatic heterocycles. The predicted octanol–water partition coefficient (Wildman–Crippen LogP) is 4.86. The number of thioether (sulfide) groups is 1. The molecule has 138 valence electrons. The molecular formula is C23H26N3S+. The molecule has 3 aromatic rings. The van der Waals surface area contributed by atoms with Gasteiger partial charge in [0.25, 0.3) is 5.82 Å². The molecule has 0 atom stereocenters. The third-order valence-electron chi connectivity index (χ3n) is 5.04. The number of hydrogen-bond acceptors (Lipinski definition) is 2. The first-order chi connectivity index (χ1) is 13.3. The highest BCUT2D eigenvalue weighted by molar-refractivity contribution is 8.03. The molecule has 4 heteroatoms. The molecule has 1 aliphatic rings. The smallest absolute Gasteiger partial charge is 0.287 e. The van der Waals surface area contributed by atoms with Crippen molar-refractivity contribution in [3.63, 3.8) is 0 Å². The summed E-state index contributed by atoms with van der Waals surface area (Å²) in [7, 11) is 0. The van der Waals surface area contributed by atoms with E-state index < -0.39 is 0 Å². The van der Waals surface area contributed by atoms with Crippen LogP contribution in [0.15, 0.2) is 71.8 Å². The maximum atomic E-state index is 2.44. The molecule has 1 aliphatic heterocycles. The second kappa shape index (κ2) is 8.05. The molecule has 2 aromatic carbocycles. The Morgan fingerprint density at radius 2 is 1.81 bits per heavy atom. The van der Waals surface area contributed by atoms with Gasteiger partial charge in [-0.1, -0.05) is 36.4 Å². The van der Waals surface area contributed by atoms with Crippen LogP contribution >= 0.6 is 11.8 Å². The van der Waals surface area contributed by atoms with Crippen LogP contribution in [0.1, 0.15) is 19.7 Å². The summed E-state index contributed by atoms with van der Waals surface area (Å²) in [5, 5.41) is 1.37. The molecule has 0 amide bonds. The van der Waals surface area contributed by atoms with Crippen LogP contribution in [0.3, 0.4) is 0 Å². The van der Waals surface area contributed by atoms with Crippen LogP contribution in [0, 0.1) is 0 Å². The van der Waals surface area contributed by atoms with Gasteiger partial charge in [-0.15, -0.1) is 11.8 Å². The summed E-state index contributed by atoms with van der Waals surface area (Å²) in [5.74, 6) is 2.39. The van der Waals surface area contributed by atoms with Crippen molar-refractivity contribution in [2.24, 2.45) is 0 Å². The van der Waals surface area contributed by atoms with Crippen molar-refractivity contribution in [3.05, 3.63) is 77.6 Å². The van der Waals surface area contributed by atoms with Crippen LogP contribution in [-0.2, 0) is 6.54 Å². The fourth-order valence-corrected chi connectivity index (χ4v) is 4.84. The molecule has 4 rings (SSSR count). The normalized spacial score (nSPS) is 16.2. The molecule has 0 radical (unpaired) electrons. The second-order valence-electron chi connectivity index (χ2n) is 6.55. The fraction of sp³-hybridized carbons (Fsp3) is 0.261. The van der Waals surface area contributed by atoms with Crippen LogP contribution in [-0.4, -0.2) is 28.3 Å². The Morgan fingerprint density at radius 1 is 1.04 bits per heavy atom. The van der Waals surface area contributed by atoms with E-state index in [1.807, 2.05) is 11.8 Å². The summed E-state index contributed by atoms with van der Waals surface area (Å²) < 4.78 is 4.74. The summed E-state index contributed by atoms with van der Waals surface area (Å²) in [6.07, 6.45) is 6.71. The van der Waals surface area contributed by atoms with Crippen molar-refractivity contribution >= 4 is 28.9 Å². The number of para-hydroxylation sites is 3. The van der Waals surface area contributed by atoms with E-state index in [2.05, 4.69) is 101 Å². The minimum Gasteiger partial charge on any atom is -0.366 e. The highest BCUT2D eigenvalue weighted by Crippen LogP contribution is 2.27. The van der Waals surface area contributed by atoms with Crippen molar-refractivity contribution in [3.8, 4) is 5.69 Å². The average Bonchev–Trinajstić information content (AvgIpc) is 3.30. The first-order valence-corrected chi connectivity index (χ1v) is 10.7. The maximum absolute atomic E-state index is 2.44. The molecule has 0 spiro atoms. The van der Waals surface area contributed by atoms with E-state index in [0.717, 1.165) is 19.6 Å². The van der Waals surface area contributed by atoms with Gasteiger partial charge in [-0.25, -0.2) is 4.57 Å².